The lowest BCUT2D eigenvalue weighted by atomic mass is 9.89. The van der Waals surface area contributed by atoms with Gasteiger partial charge in [-0.3, -0.25) is 4.79 Å². The molecule has 22 heavy (non-hydrogen) atoms. The van der Waals surface area contributed by atoms with E-state index in [0.29, 0.717) is 24.4 Å². The van der Waals surface area contributed by atoms with E-state index in [4.69, 9.17) is 0 Å². The zero-order valence-corrected chi connectivity index (χ0v) is 13.9. The van der Waals surface area contributed by atoms with Gasteiger partial charge in [0.2, 0.25) is 5.91 Å². The van der Waals surface area contributed by atoms with Crippen LogP contribution in [0.15, 0.2) is 0 Å². The summed E-state index contributed by atoms with van der Waals surface area (Å²) in [6, 6.07) is 1.32. The van der Waals surface area contributed by atoms with Crippen molar-refractivity contribution in [2.24, 2.45) is 5.92 Å². The van der Waals surface area contributed by atoms with Gasteiger partial charge in [0, 0.05) is 23.4 Å². The number of rotatable bonds is 3. The summed E-state index contributed by atoms with van der Waals surface area (Å²) < 4.78 is 0. The second kappa shape index (κ2) is 6.28. The highest BCUT2D eigenvalue weighted by Crippen LogP contribution is 2.33. The Bertz CT molecular complexity index is 521. The molecule has 2 atom stereocenters. The number of thiazole rings is 1. The highest BCUT2D eigenvalue weighted by Gasteiger charge is 2.34. The summed E-state index contributed by atoms with van der Waals surface area (Å²) in [6.45, 7) is 0. The van der Waals surface area contributed by atoms with E-state index >= 15 is 0 Å². The first-order valence-electron chi connectivity index (χ1n) is 8.81. The molecule has 2 unspecified atom stereocenters. The van der Waals surface area contributed by atoms with Gasteiger partial charge in [-0.1, -0.05) is 6.42 Å². The molecule has 1 aliphatic carbocycles. The van der Waals surface area contributed by atoms with Crippen LogP contribution in [0.1, 0.15) is 61.9 Å². The van der Waals surface area contributed by atoms with Crippen molar-refractivity contribution in [3.8, 4) is 0 Å². The number of nitrogens with one attached hydrogen (secondary N) is 2. The maximum atomic E-state index is 12.3. The fraction of sp³-hybridized carbons (Fsp3) is 0.765. The molecule has 1 aromatic rings. The number of carbonyl (C=O) groups is 1. The van der Waals surface area contributed by atoms with E-state index in [1.807, 2.05) is 0 Å². The summed E-state index contributed by atoms with van der Waals surface area (Å²) >= 11 is 1.70. The Morgan fingerprint density at radius 1 is 1.18 bits per heavy atom. The van der Waals surface area contributed by atoms with Crippen LogP contribution in [0.3, 0.4) is 0 Å². The fourth-order valence-electron chi connectivity index (χ4n) is 4.36. The number of hydrogen-bond acceptors (Lipinski definition) is 4. The third-order valence-corrected chi connectivity index (χ3v) is 6.46. The third-order valence-electron chi connectivity index (χ3n) is 5.39. The molecule has 5 heteroatoms. The summed E-state index contributed by atoms with van der Waals surface area (Å²) in [7, 11) is 0. The number of fused-ring (bicyclic) bond motifs is 3. The van der Waals surface area contributed by atoms with Crippen LogP contribution in [-0.2, 0) is 17.6 Å². The maximum absolute atomic E-state index is 12.3. The van der Waals surface area contributed by atoms with Crippen LogP contribution in [-0.4, -0.2) is 23.0 Å². The monoisotopic (exact) mass is 319 g/mol. The van der Waals surface area contributed by atoms with Crippen molar-refractivity contribution in [1.82, 2.24) is 10.3 Å². The zero-order valence-electron chi connectivity index (χ0n) is 13.1. The van der Waals surface area contributed by atoms with Crippen molar-refractivity contribution in [1.29, 1.82) is 0 Å². The molecule has 1 aromatic heterocycles. The molecule has 4 nitrogen and oxygen atoms in total. The number of aromatic nitrogens is 1. The second-order valence-electron chi connectivity index (χ2n) is 7.18. The second-order valence-corrected chi connectivity index (χ2v) is 8.26. The molecule has 2 bridgehead atoms. The minimum Gasteiger partial charge on any atom is -0.311 e. The molecular weight excluding hydrogens is 294 g/mol. The molecule has 2 fully saturated rings. The fourth-order valence-corrected chi connectivity index (χ4v) is 5.42. The minimum atomic E-state index is 0.162. The molecule has 0 saturated carbocycles. The van der Waals surface area contributed by atoms with Crippen molar-refractivity contribution in [3.63, 3.8) is 0 Å². The van der Waals surface area contributed by atoms with Gasteiger partial charge in [-0.2, -0.15) is 0 Å². The normalized spacial score (nSPS) is 30.6. The number of amides is 1. The lowest BCUT2D eigenvalue weighted by molar-refractivity contribution is -0.117. The predicted octanol–water partition coefficient (Wildman–Crippen LogP) is 3.27. The van der Waals surface area contributed by atoms with Crippen molar-refractivity contribution in [2.45, 2.75) is 76.3 Å². The Labute approximate surface area is 136 Å². The highest BCUT2D eigenvalue weighted by atomic mass is 32.1. The van der Waals surface area contributed by atoms with E-state index in [-0.39, 0.29) is 5.91 Å². The zero-order chi connectivity index (χ0) is 14.9. The molecule has 3 aliphatic rings. The first-order chi connectivity index (χ1) is 10.8. The molecule has 3 heterocycles. The van der Waals surface area contributed by atoms with E-state index in [1.165, 1.54) is 42.7 Å². The van der Waals surface area contributed by atoms with Crippen LogP contribution in [0.2, 0.25) is 0 Å². The van der Waals surface area contributed by atoms with Gasteiger partial charge >= 0.3 is 0 Å². The average molecular weight is 319 g/mol. The van der Waals surface area contributed by atoms with Crippen molar-refractivity contribution >= 4 is 22.4 Å². The molecule has 2 saturated heterocycles. The van der Waals surface area contributed by atoms with Crippen LogP contribution in [0.25, 0.3) is 0 Å². The van der Waals surface area contributed by atoms with E-state index in [9.17, 15) is 4.79 Å². The summed E-state index contributed by atoms with van der Waals surface area (Å²) in [6.07, 6.45) is 11.6. The first-order valence-corrected chi connectivity index (χ1v) is 9.62. The smallest absolute Gasteiger partial charge is 0.226 e. The van der Waals surface area contributed by atoms with Crippen molar-refractivity contribution in [2.75, 3.05) is 5.32 Å². The number of piperidine rings is 1. The van der Waals surface area contributed by atoms with Gasteiger partial charge in [0.15, 0.2) is 5.13 Å². The molecule has 2 aliphatic heterocycles. The number of nitrogens with zero attached hydrogens (tertiary/aromatic N) is 1. The first kappa shape index (κ1) is 14.6. The third kappa shape index (κ3) is 3.20. The van der Waals surface area contributed by atoms with Crippen molar-refractivity contribution in [3.05, 3.63) is 10.6 Å². The molecular formula is C17H25N3OS. The summed E-state index contributed by atoms with van der Waals surface area (Å²) in [5.74, 6) is 0.715. The molecule has 0 radical (unpaired) electrons. The van der Waals surface area contributed by atoms with Crippen LogP contribution in [0.5, 0.6) is 0 Å². The van der Waals surface area contributed by atoms with E-state index < -0.39 is 0 Å². The van der Waals surface area contributed by atoms with Gasteiger partial charge in [0.25, 0.3) is 0 Å². The largest absolute Gasteiger partial charge is 0.311 e. The van der Waals surface area contributed by atoms with Crippen LogP contribution in [0, 0.1) is 5.92 Å². The summed E-state index contributed by atoms with van der Waals surface area (Å²) in [5, 5.41) is 7.53. The van der Waals surface area contributed by atoms with Crippen LogP contribution in [0.4, 0.5) is 5.13 Å². The standard InChI is InChI=1S/C17H25N3OS/c21-16(10-11-8-12-6-7-13(9-11)18-12)20-17-19-14-4-2-1-3-5-15(14)22-17/h11-13,18H,1-10H2,(H,19,20,21). The van der Waals surface area contributed by atoms with Gasteiger partial charge in [-0.15, -0.1) is 11.3 Å². The quantitative estimate of drug-likeness (QED) is 0.841. The van der Waals surface area contributed by atoms with E-state index in [0.717, 1.165) is 30.8 Å². The highest BCUT2D eigenvalue weighted by molar-refractivity contribution is 7.15. The van der Waals surface area contributed by atoms with Gasteiger partial charge in [-0.05, 0) is 57.3 Å². The predicted molar refractivity (Wildman–Crippen MR) is 89.3 cm³/mol. The van der Waals surface area contributed by atoms with Gasteiger partial charge < -0.3 is 10.6 Å². The topological polar surface area (TPSA) is 54.0 Å². The Hall–Kier alpha value is -0.940. The minimum absolute atomic E-state index is 0.162. The molecule has 120 valence electrons. The van der Waals surface area contributed by atoms with Crippen LogP contribution < -0.4 is 10.6 Å². The average Bonchev–Trinajstić information content (AvgIpc) is 2.94. The number of hydrogen-bond donors (Lipinski definition) is 2. The number of aryl methyl sites for hydroxylation is 2. The lowest BCUT2D eigenvalue weighted by Crippen LogP contribution is -2.39. The summed E-state index contributed by atoms with van der Waals surface area (Å²) in [5.41, 5.74) is 1.23. The molecule has 0 spiro atoms. The van der Waals surface area contributed by atoms with E-state index in [2.05, 4.69) is 15.6 Å². The van der Waals surface area contributed by atoms with Gasteiger partial charge in [-0.25, -0.2) is 4.98 Å². The van der Waals surface area contributed by atoms with E-state index in [1.54, 1.807) is 11.3 Å². The Morgan fingerprint density at radius 2 is 1.95 bits per heavy atom. The molecule has 2 N–H and O–H groups in total. The van der Waals surface area contributed by atoms with Crippen LogP contribution >= 0.6 is 11.3 Å². The molecule has 4 rings (SSSR count). The van der Waals surface area contributed by atoms with Gasteiger partial charge in [0.1, 0.15) is 0 Å². The Kier molecular flexibility index (Phi) is 4.18. The molecule has 0 aromatic carbocycles. The van der Waals surface area contributed by atoms with Crippen molar-refractivity contribution < 1.29 is 4.79 Å². The number of anilines is 1. The molecule has 1 amide bonds. The Balaban J connectivity index is 1.34. The summed E-state index contributed by atoms with van der Waals surface area (Å²) in [4.78, 5) is 18.4. The SMILES string of the molecule is O=C(CC1CC2CCC(C1)N2)Nc1nc2c(s1)CCCCC2. The maximum Gasteiger partial charge on any atom is 0.226 e. The Morgan fingerprint density at radius 3 is 2.77 bits per heavy atom. The number of carbonyl (C=O) groups excluding carboxylic acids is 1. The van der Waals surface area contributed by atoms with Gasteiger partial charge in [0.05, 0.1) is 5.69 Å². The lowest BCUT2D eigenvalue weighted by Gasteiger charge is -2.28.